The van der Waals surface area contributed by atoms with E-state index in [1.807, 2.05) is 0 Å². The van der Waals surface area contributed by atoms with Gasteiger partial charge in [-0.1, -0.05) is 0 Å². The van der Waals surface area contributed by atoms with Gasteiger partial charge in [0.05, 0.1) is 11.0 Å². The zero-order valence-corrected chi connectivity index (χ0v) is 11.9. The molecule has 0 atom stereocenters. The number of hydrogen-bond donors (Lipinski definition) is 2. The van der Waals surface area contributed by atoms with Crippen molar-refractivity contribution in [3.63, 3.8) is 0 Å². The van der Waals surface area contributed by atoms with Gasteiger partial charge in [-0.15, -0.1) is 0 Å². The lowest BCUT2D eigenvalue weighted by molar-refractivity contribution is -0.121. The number of rotatable bonds is 6. The second-order valence-corrected chi connectivity index (χ2v) is 4.78. The Morgan fingerprint density at radius 3 is 2.70 bits per heavy atom. The number of halogens is 1. The van der Waals surface area contributed by atoms with Gasteiger partial charge in [-0.05, 0) is 42.5 Å². The summed E-state index contributed by atoms with van der Waals surface area (Å²) in [6.45, 7) is 0.0780. The Morgan fingerprint density at radius 1 is 1.22 bits per heavy atom. The van der Waals surface area contributed by atoms with E-state index in [0.717, 1.165) is 0 Å². The largest absolute Gasteiger partial charge is 0.340 e. The summed E-state index contributed by atoms with van der Waals surface area (Å²) in [5, 5.41) is 0. The summed E-state index contributed by atoms with van der Waals surface area (Å²) >= 11 is 0. The highest BCUT2D eigenvalue weighted by molar-refractivity contribution is 6.10. The predicted octanol–water partition coefficient (Wildman–Crippen LogP) is 2.11. The maximum atomic E-state index is 12.9. The first-order valence-corrected chi connectivity index (χ1v) is 6.77. The Hall–Kier alpha value is -3.06. The van der Waals surface area contributed by atoms with Crippen LogP contribution >= 0.6 is 0 Å². The van der Waals surface area contributed by atoms with Crippen molar-refractivity contribution in [2.45, 2.75) is 6.61 Å². The molecule has 1 heterocycles. The zero-order chi connectivity index (χ0) is 16.2. The minimum atomic E-state index is -0.390. The number of nitrogens with one attached hydrogen (secondary N) is 2. The molecule has 0 saturated carbocycles. The average molecular weight is 313 g/mol. The molecule has 2 N–H and O–H groups in total. The molecule has 0 saturated heterocycles. The molecule has 23 heavy (non-hydrogen) atoms. The average Bonchev–Trinajstić information content (AvgIpc) is 2.97. The van der Waals surface area contributed by atoms with Crippen LogP contribution in [0.5, 0.6) is 0 Å². The molecular formula is C16H12FN3O3. The van der Waals surface area contributed by atoms with Gasteiger partial charge in [-0.2, -0.15) is 0 Å². The van der Waals surface area contributed by atoms with E-state index >= 15 is 0 Å². The third-order valence-corrected chi connectivity index (χ3v) is 3.24. The molecule has 0 unspecified atom stereocenters. The molecular weight excluding hydrogens is 301 g/mol. The second-order valence-electron chi connectivity index (χ2n) is 4.78. The summed E-state index contributed by atoms with van der Waals surface area (Å²) in [5.74, 6) is -0.0817. The van der Waals surface area contributed by atoms with Crippen LogP contribution in [0.2, 0.25) is 0 Å². The van der Waals surface area contributed by atoms with E-state index in [9.17, 15) is 14.0 Å². The van der Waals surface area contributed by atoms with E-state index in [2.05, 4.69) is 15.4 Å². The predicted molar refractivity (Wildman–Crippen MR) is 79.9 cm³/mol. The number of nitrogens with zero attached hydrogens (tertiary/aromatic N) is 1. The van der Waals surface area contributed by atoms with Crippen molar-refractivity contribution >= 4 is 23.2 Å². The van der Waals surface area contributed by atoms with Gasteiger partial charge in [0.2, 0.25) is 6.41 Å². The lowest BCUT2D eigenvalue weighted by atomic mass is 10.0. The number of imidazole rings is 1. The third kappa shape index (κ3) is 3.24. The van der Waals surface area contributed by atoms with Gasteiger partial charge < -0.3 is 4.98 Å². The highest BCUT2D eigenvalue weighted by Crippen LogP contribution is 2.17. The van der Waals surface area contributed by atoms with Crippen LogP contribution in [0.25, 0.3) is 11.0 Å². The number of carbonyl (C=O) groups is 2. The quantitative estimate of drug-likeness (QED) is 0.316. The Balaban J connectivity index is 1.85. The molecule has 0 spiro atoms. The molecule has 6 nitrogen and oxygen atoms in total. The third-order valence-electron chi connectivity index (χ3n) is 3.24. The van der Waals surface area contributed by atoms with E-state index in [-0.39, 0.29) is 18.2 Å². The molecule has 1 aromatic heterocycles. The van der Waals surface area contributed by atoms with E-state index in [1.54, 1.807) is 18.2 Å². The van der Waals surface area contributed by atoms with Gasteiger partial charge >= 0.3 is 0 Å². The van der Waals surface area contributed by atoms with Crippen molar-refractivity contribution in [3.8, 4) is 0 Å². The van der Waals surface area contributed by atoms with E-state index < -0.39 is 0 Å². The highest BCUT2D eigenvalue weighted by Gasteiger charge is 2.11. The number of benzene rings is 2. The van der Waals surface area contributed by atoms with Crippen molar-refractivity contribution < 1.29 is 18.8 Å². The van der Waals surface area contributed by atoms with Crippen LogP contribution in [0.4, 0.5) is 4.39 Å². The van der Waals surface area contributed by atoms with Crippen LogP contribution in [0.3, 0.4) is 0 Å². The van der Waals surface area contributed by atoms with E-state index in [0.29, 0.717) is 34.4 Å². The van der Waals surface area contributed by atoms with Gasteiger partial charge in [0, 0.05) is 11.1 Å². The number of aromatic nitrogens is 2. The monoisotopic (exact) mass is 313 g/mol. The molecule has 0 bridgehead atoms. The minimum absolute atomic E-state index is 0.0780. The first-order chi connectivity index (χ1) is 11.2. The molecule has 0 aliphatic carbocycles. The molecule has 0 radical (unpaired) electrons. The molecule has 116 valence electrons. The topological polar surface area (TPSA) is 84.1 Å². The second kappa shape index (κ2) is 6.37. The Labute approximate surface area is 130 Å². The molecule has 3 aromatic rings. The standard InChI is InChI=1S/C16H12FN3O3/c17-12-4-1-10(2-5-12)16(22)11-3-6-13-14(7-11)20-15(19-13)8-23-18-9-21/h1-7,9H,8H2,(H,18,21)(H,19,20). The van der Waals surface area contributed by atoms with E-state index in [4.69, 9.17) is 4.84 Å². The maximum absolute atomic E-state index is 12.9. The number of amides is 1. The molecule has 0 aliphatic heterocycles. The van der Waals surface area contributed by atoms with Gasteiger partial charge in [0.25, 0.3) is 0 Å². The van der Waals surface area contributed by atoms with Crippen molar-refractivity contribution in [1.29, 1.82) is 0 Å². The number of hydrogen-bond acceptors (Lipinski definition) is 4. The lowest BCUT2D eigenvalue weighted by Crippen LogP contribution is -2.11. The summed E-state index contributed by atoms with van der Waals surface area (Å²) in [6.07, 6.45) is 0.419. The van der Waals surface area contributed by atoms with Gasteiger partial charge in [-0.3, -0.25) is 14.4 Å². The maximum Gasteiger partial charge on any atom is 0.230 e. The van der Waals surface area contributed by atoms with Crippen molar-refractivity contribution in [1.82, 2.24) is 15.4 Å². The summed E-state index contributed by atoms with van der Waals surface area (Å²) in [6, 6.07) is 10.4. The molecule has 0 aliphatic rings. The van der Waals surface area contributed by atoms with Crippen molar-refractivity contribution in [2.24, 2.45) is 0 Å². The smallest absolute Gasteiger partial charge is 0.230 e. The molecule has 0 fully saturated rings. The number of H-pyrrole nitrogens is 1. The molecule has 1 amide bonds. The van der Waals surface area contributed by atoms with Gasteiger partial charge in [0.15, 0.2) is 5.78 Å². The van der Waals surface area contributed by atoms with Crippen LogP contribution < -0.4 is 5.48 Å². The first kappa shape index (κ1) is 14.9. The van der Waals surface area contributed by atoms with Gasteiger partial charge in [0.1, 0.15) is 18.2 Å². The fourth-order valence-electron chi connectivity index (χ4n) is 2.18. The Morgan fingerprint density at radius 2 is 1.96 bits per heavy atom. The van der Waals surface area contributed by atoms with Gasteiger partial charge in [-0.25, -0.2) is 14.9 Å². The zero-order valence-electron chi connectivity index (χ0n) is 11.9. The SMILES string of the molecule is O=CNOCc1nc2ccc(C(=O)c3ccc(F)cc3)cc2[nH]1. The number of fused-ring (bicyclic) bond motifs is 1. The lowest BCUT2D eigenvalue weighted by Gasteiger charge is -2.01. The minimum Gasteiger partial charge on any atom is -0.340 e. The normalized spacial score (nSPS) is 10.7. The first-order valence-electron chi connectivity index (χ1n) is 6.77. The summed E-state index contributed by atoms with van der Waals surface area (Å²) in [5.41, 5.74) is 4.28. The molecule has 3 rings (SSSR count). The summed E-state index contributed by atoms with van der Waals surface area (Å²) in [7, 11) is 0. The summed E-state index contributed by atoms with van der Waals surface area (Å²) < 4.78 is 12.9. The van der Waals surface area contributed by atoms with Crippen molar-refractivity contribution in [2.75, 3.05) is 0 Å². The van der Waals surface area contributed by atoms with Crippen LogP contribution in [-0.4, -0.2) is 22.2 Å². The summed E-state index contributed by atoms with van der Waals surface area (Å²) in [4.78, 5) is 34.6. The van der Waals surface area contributed by atoms with Crippen LogP contribution in [-0.2, 0) is 16.2 Å². The highest BCUT2D eigenvalue weighted by atomic mass is 19.1. The fourth-order valence-corrected chi connectivity index (χ4v) is 2.18. The van der Waals surface area contributed by atoms with E-state index in [1.165, 1.54) is 24.3 Å². The Bertz CT molecular complexity index is 859. The number of ketones is 1. The number of hydroxylamine groups is 1. The number of carbonyl (C=O) groups excluding carboxylic acids is 2. The van der Waals surface area contributed by atoms with Crippen molar-refractivity contribution in [3.05, 3.63) is 65.2 Å². The molecule has 2 aromatic carbocycles. The van der Waals surface area contributed by atoms with Crippen LogP contribution in [0, 0.1) is 5.82 Å². The Kier molecular flexibility index (Phi) is 4.11. The fraction of sp³-hybridized carbons (Fsp3) is 0.0625. The number of aromatic amines is 1. The van der Waals surface area contributed by atoms with Crippen LogP contribution in [0.1, 0.15) is 21.7 Å². The van der Waals surface area contributed by atoms with Crippen LogP contribution in [0.15, 0.2) is 42.5 Å². The molecule has 7 heteroatoms.